The highest BCUT2D eigenvalue weighted by Gasteiger charge is 2.37. The Balaban J connectivity index is 1.99. The molecule has 1 aliphatic carbocycles. The molecule has 0 unspecified atom stereocenters. The van der Waals surface area contributed by atoms with E-state index in [0.717, 1.165) is 31.5 Å². The molecule has 0 heterocycles. The van der Waals surface area contributed by atoms with Crippen LogP contribution in [0.1, 0.15) is 32.3 Å². The Labute approximate surface area is 114 Å². The lowest BCUT2D eigenvalue weighted by atomic mass is 9.84. The van der Waals surface area contributed by atoms with E-state index in [0.29, 0.717) is 0 Å². The molecule has 0 aliphatic heterocycles. The fraction of sp³-hybridized carbons (Fsp3) is 0.600. The lowest BCUT2D eigenvalue weighted by Crippen LogP contribution is -2.41. The molecular formula is C15H23FN2O. The molecule has 1 aliphatic rings. The predicted molar refractivity (Wildman–Crippen MR) is 75.0 cm³/mol. The van der Waals surface area contributed by atoms with Gasteiger partial charge in [-0.3, -0.25) is 0 Å². The highest BCUT2D eigenvalue weighted by Crippen LogP contribution is 2.32. The van der Waals surface area contributed by atoms with Crippen LogP contribution in [-0.4, -0.2) is 25.7 Å². The lowest BCUT2D eigenvalue weighted by molar-refractivity contribution is 0.383. The van der Waals surface area contributed by atoms with E-state index in [4.69, 9.17) is 10.5 Å². The lowest BCUT2D eigenvalue weighted by Gasteiger charge is -2.27. The Morgan fingerprint density at radius 2 is 2.11 bits per heavy atom. The first-order chi connectivity index (χ1) is 8.86. The van der Waals surface area contributed by atoms with Crippen LogP contribution in [0.2, 0.25) is 0 Å². The van der Waals surface area contributed by atoms with E-state index in [1.807, 2.05) is 6.07 Å². The normalized spacial score (nSPS) is 17.3. The van der Waals surface area contributed by atoms with Crippen LogP contribution in [0, 0.1) is 5.82 Å². The van der Waals surface area contributed by atoms with Crippen molar-refractivity contribution in [2.45, 2.75) is 37.6 Å². The zero-order valence-electron chi connectivity index (χ0n) is 11.9. The van der Waals surface area contributed by atoms with Crippen molar-refractivity contribution in [3.63, 3.8) is 0 Å². The smallest absolute Gasteiger partial charge is 0.165 e. The van der Waals surface area contributed by atoms with Crippen LogP contribution in [0.15, 0.2) is 18.2 Å². The first kappa shape index (κ1) is 14.3. The molecule has 0 amide bonds. The number of ether oxygens (including phenoxy) is 1. The van der Waals surface area contributed by atoms with Gasteiger partial charge in [-0.2, -0.15) is 0 Å². The summed E-state index contributed by atoms with van der Waals surface area (Å²) in [4.78, 5) is 0. The number of hydrogen-bond acceptors (Lipinski definition) is 3. The van der Waals surface area contributed by atoms with Gasteiger partial charge in [-0.25, -0.2) is 4.39 Å². The van der Waals surface area contributed by atoms with Gasteiger partial charge in [0.25, 0.3) is 0 Å². The molecule has 0 bridgehead atoms. The zero-order chi connectivity index (χ0) is 14.1. The second-order valence-corrected chi connectivity index (χ2v) is 6.20. The van der Waals surface area contributed by atoms with Crippen molar-refractivity contribution < 1.29 is 9.13 Å². The average molecular weight is 266 g/mol. The van der Waals surface area contributed by atoms with Gasteiger partial charge in [0.15, 0.2) is 11.6 Å². The largest absolute Gasteiger partial charge is 0.494 e. The fourth-order valence-corrected chi connectivity index (χ4v) is 2.15. The van der Waals surface area contributed by atoms with E-state index in [-0.39, 0.29) is 22.5 Å². The molecule has 0 aromatic heterocycles. The second-order valence-electron chi connectivity index (χ2n) is 6.20. The summed E-state index contributed by atoms with van der Waals surface area (Å²) in [6, 6.07) is 5.15. The van der Waals surface area contributed by atoms with Crippen LogP contribution in [0.5, 0.6) is 5.75 Å². The molecule has 106 valence electrons. The highest BCUT2D eigenvalue weighted by molar-refractivity contribution is 5.33. The first-order valence-corrected chi connectivity index (χ1v) is 6.70. The predicted octanol–water partition coefficient (Wildman–Crippen LogP) is 2.19. The Bertz CT molecular complexity index is 455. The number of nitrogens with one attached hydrogen (secondary N) is 1. The maximum Gasteiger partial charge on any atom is 0.165 e. The van der Waals surface area contributed by atoms with Crippen molar-refractivity contribution in [2.24, 2.45) is 5.73 Å². The molecule has 0 saturated heterocycles. The fourth-order valence-electron chi connectivity index (χ4n) is 2.15. The van der Waals surface area contributed by atoms with Gasteiger partial charge < -0.3 is 15.8 Å². The third-order valence-electron chi connectivity index (χ3n) is 3.87. The molecular weight excluding hydrogens is 243 g/mol. The van der Waals surface area contributed by atoms with Gasteiger partial charge in [-0.05, 0) is 30.5 Å². The summed E-state index contributed by atoms with van der Waals surface area (Å²) < 4.78 is 18.7. The molecule has 0 radical (unpaired) electrons. The molecule has 1 aromatic rings. The zero-order valence-corrected chi connectivity index (χ0v) is 11.9. The quantitative estimate of drug-likeness (QED) is 0.829. The second kappa shape index (κ2) is 5.10. The van der Waals surface area contributed by atoms with Gasteiger partial charge in [-0.1, -0.05) is 19.9 Å². The Morgan fingerprint density at radius 3 is 2.63 bits per heavy atom. The number of nitrogens with two attached hydrogens (primary N) is 1. The topological polar surface area (TPSA) is 47.3 Å². The van der Waals surface area contributed by atoms with E-state index in [1.54, 1.807) is 12.1 Å². The number of halogens is 1. The Kier molecular flexibility index (Phi) is 3.83. The SMILES string of the molecule is COc1ccc(C(C)(C)CNCC2(N)CC2)cc1F. The summed E-state index contributed by atoms with van der Waals surface area (Å²) in [5, 5.41) is 3.40. The van der Waals surface area contributed by atoms with Crippen LogP contribution in [-0.2, 0) is 5.41 Å². The van der Waals surface area contributed by atoms with Crippen LogP contribution in [0.3, 0.4) is 0 Å². The molecule has 2 rings (SSSR count). The molecule has 19 heavy (non-hydrogen) atoms. The summed E-state index contributed by atoms with van der Waals surface area (Å²) >= 11 is 0. The molecule has 3 nitrogen and oxygen atoms in total. The van der Waals surface area contributed by atoms with E-state index in [1.165, 1.54) is 7.11 Å². The molecule has 0 atom stereocenters. The van der Waals surface area contributed by atoms with E-state index < -0.39 is 0 Å². The molecule has 0 spiro atoms. The van der Waals surface area contributed by atoms with Crippen LogP contribution >= 0.6 is 0 Å². The third-order valence-corrected chi connectivity index (χ3v) is 3.87. The van der Waals surface area contributed by atoms with E-state index in [2.05, 4.69) is 19.2 Å². The van der Waals surface area contributed by atoms with Crippen molar-refractivity contribution in [1.29, 1.82) is 0 Å². The van der Waals surface area contributed by atoms with Crippen molar-refractivity contribution in [1.82, 2.24) is 5.32 Å². The summed E-state index contributed by atoms with van der Waals surface area (Å²) in [6.07, 6.45) is 2.19. The summed E-state index contributed by atoms with van der Waals surface area (Å²) in [5.41, 5.74) is 6.86. The first-order valence-electron chi connectivity index (χ1n) is 6.70. The summed E-state index contributed by atoms with van der Waals surface area (Å²) in [5.74, 6) is -0.0306. The van der Waals surface area contributed by atoms with Gasteiger partial charge in [0, 0.05) is 24.0 Å². The third kappa shape index (κ3) is 3.45. The van der Waals surface area contributed by atoms with Crippen LogP contribution < -0.4 is 15.8 Å². The van der Waals surface area contributed by atoms with Crippen molar-refractivity contribution >= 4 is 0 Å². The van der Waals surface area contributed by atoms with Crippen LogP contribution in [0.4, 0.5) is 4.39 Å². The molecule has 1 fully saturated rings. The minimum atomic E-state index is -0.314. The standard InChI is InChI=1S/C15H23FN2O/c1-14(2,9-18-10-15(17)6-7-15)11-4-5-13(19-3)12(16)8-11/h4-5,8,18H,6-7,9-10,17H2,1-3H3. The average Bonchev–Trinajstić information content (AvgIpc) is 3.07. The van der Waals surface area contributed by atoms with Crippen molar-refractivity contribution in [3.8, 4) is 5.75 Å². The Hall–Kier alpha value is -1.13. The minimum Gasteiger partial charge on any atom is -0.494 e. The van der Waals surface area contributed by atoms with E-state index >= 15 is 0 Å². The number of benzene rings is 1. The van der Waals surface area contributed by atoms with Crippen LogP contribution in [0.25, 0.3) is 0 Å². The minimum absolute atomic E-state index is 0.00123. The Morgan fingerprint density at radius 1 is 1.42 bits per heavy atom. The summed E-state index contributed by atoms with van der Waals surface area (Å²) in [6.45, 7) is 5.79. The van der Waals surface area contributed by atoms with Crippen molar-refractivity contribution in [3.05, 3.63) is 29.6 Å². The van der Waals surface area contributed by atoms with Gasteiger partial charge in [0.05, 0.1) is 7.11 Å². The monoisotopic (exact) mass is 266 g/mol. The molecule has 4 heteroatoms. The maximum atomic E-state index is 13.7. The number of hydrogen-bond donors (Lipinski definition) is 2. The molecule has 1 aromatic carbocycles. The molecule has 3 N–H and O–H groups in total. The van der Waals surface area contributed by atoms with E-state index in [9.17, 15) is 4.39 Å². The van der Waals surface area contributed by atoms with Gasteiger partial charge in [0.1, 0.15) is 0 Å². The maximum absolute atomic E-state index is 13.7. The number of rotatable bonds is 6. The summed E-state index contributed by atoms with van der Waals surface area (Å²) in [7, 11) is 1.47. The van der Waals surface area contributed by atoms with Gasteiger partial charge >= 0.3 is 0 Å². The van der Waals surface area contributed by atoms with Gasteiger partial charge in [-0.15, -0.1) is 0 Å². The number of methoxy groups -OCH3 is 1. The molecule has 1 saturated carbocycles. The highest BCUT2D eigenvalue weighted by atomic mass is 19.1. The van der Waals surface area contributed by atoms with Gasteiger partial charge in [0.2, 0.25) is 0 Å². The van der Waals surface area contributed by atoms with Crippen molar-refractivity contribution in [2.75, 3.05) is 20.2 Å².